The van der Waals surface area contributed by atoms with Crippen molar-refractivity contribution in [1.29, 1.82) is 0 Å². The molecule has 0 heterocycles. The first-order valence-electron chi connectivity index (χ1n) is 7.60. The molecule has 2 aromatic carbocycles. The van der Waals surface area contributed by atoms with Gasteiger partial charge in [0, 0.05) is 23.1 Å². The van der Waals surface area contributed by atoms with E-state index in [0.29, 0.717) is 0 Å². The van der Waals surface area contributed by atoms with Crippen LogP contribution in [0, 0.1) is 24.0 Å². The van der Waals surface area contributed by atoms with Gasteiger partial charge in [-0.25, -0.2) is 0 Å². The van der Waals surface area contributed by atoms with Gasteiger partial charge in [-0.15, -0.1) is 11.8 Å². The number of nitro benzene ring substituents is 1. The fourth-order valence-electron chi connectivity index (χ4n) is 2.33. The van der Waals surface area contributed by atoms with Crippen molar-refractivity contribution in [1.82, 2.24) is 0 Å². The van der Waals surface area contributed by atoms with Gasteiger partial charge in [-0.2, -0.15) is 0 Å². The number of thioether (sulfide) groups is 1. The van der Waals surface area contributed by atoms with Crippen LogP contribution in [0.4, 0.5) is 11.4 Å². The molecule has 0 bridgehead atoms. The van der Waals surface area contributed by atoms with E-state index in [-0.39, 0.29) is 22.6 Å². The average molecular weight is 344 g/mol. The molecule has 0 saturated carbocycles. The van der Waals surface area contributed by atoms with Gasteiger partial charge in [-0.1, -0.05) is 29.8 Å². The van der Waals surface area contributed by atoms with Crippen LogP contribution in [0.1, 0.15) is 28.9 Å². The number of nitrogens with one attached hydrogen (secondary N) is 1. The number of anilines is 1. The summed E-state index contributed by atoms with van der Waals surface area (Å²) in [5, 5.41) is 13.7. The van der Waals surface area contributed by atoms with Crippen molar-refractivity contribution in [3.63, 3.8) is 0 Å². The standard InChI is InChI=1S/C18H20N2O3S/c1-12-7-8-17(13(2)9-12)19-18(21)11-24-14(3)15-5-4-6-16(10-15)20(22)23/h4-10,14H,11H2,1-3H3,(H,19,21)/t14-/m1/s1. The molecule has 0 saturated heterocycles. The molecule has 6 heteroatoms. The number of rotatable bonds is 6. The van der Waals surface area contributed by atoms with Crippen LogP contribution in [-0.2, 0) is 4.79 Å². The number of amides is 1. The second-order valence-corrected chi connectivity index (χ2v) is 7.00. The summed E-state index contributed by atoms with van der Waals surface area (Å²) in [4.78, 5) is 22.5. The molecule has 0 aliphatic rings. The molecule has 24 heavy (non-hydrogen) atoms. The summed E-state index contributed by atoms with van der Waals surface area (Å²) in [5.41, 5.74) is 3.90. The summed E-state index contributed by atoms with van der Waals surface area (Å²) in [6.07, 6.45) is 0. The Morgan fingerprint density at radius 2 is 2.00 bits per heavy atom. The van der Waals surface area contributed by atoms with Crippen molar-refractivity contribution >= 4 is 29.0 Å². The fourth-order valence-corrected chi connectivity index (χ4v) is 3.14. The second-order valence-electron chi connectivity index (χ2n) is 5.67. The predicted octanol–water partition coefficient (Wildman–Crippen LogP) is 4.64. The summed E-state index contributed by atoms with van der Waals surface area (Å²) >= 11 is 1.45. The van der Waals surface area contributed by atoms with Gasteiger partial charge in [0.05, 0.1) is 10.7 Å². The maximum atomic E-state index is 12.1. The van der Waals surface area contributed by atoms with Gasteiger partial charge in [0.2, 0.25) is 5.91 Å². The highest BCUT2D eigenvalue weighted by atomic mass is 32.2. The molecule has 0 aromatic heterocycles. The molecule has 0 unspecified atom stereocenters. The van der Waals surface area contributed by atoms with Crippen LogP contribution in [0.2, 0.25) is 0 Å². The van der Waals surface area contributed by atoms with E-state index >= 15 is 0 Å². The molecule has 0 radical (unpaired) electrons. The van der Waals surface area contributed by atoms with E-state index < -0.39 is 4.92 Å². The van der Waals surface area contributed by atoms with Gasteiger partial charge in [-0.05, 0) is 38.0 Å². The lowest BCUT2D eigenvalue weighted by molar-refractivity contribution is -0.384. The third-order valence-corrected chi connectivity index (χ3v) is 4.87. The number of hydrogen-bond acceptors (Lipinski definition) is 4. The van der Waals surface area contributed by atoms with Gasteiger partial charge in [-0.3, -0.25) is 14.9 Å². The van der Waals surface area contributed by atoms with Crippen LogP contribution in [-0.4, -0.2) is 16.6 Å². The lowest BCUT2D eigenvalue weighted by Gasteiger charge is -2.13. The van der Waals surface area contributed by atoms with Crippen LogP contribution in [0.15, 0.2) is 42.5 Å². The van der Waals surface area contributed by atoms with E-state index in [0.717, 1.165) is 22.4 Å². The Hall–Kier alpha value is -2.34. The molecule has 0 aliphatic carbocycles. The van der Waals surface area contributed by atoms with Gasteiger partial charge in [0.25, 0.3) is 5.69 Å². The monoisotopic (exact) mass is 344 g/mol. The van der Waals surface area contributed by atoms with Crippen LogP contribution in [0.5, 0.6) is 0 Å². The molecule has 0 fully saturated rings. The topological polar surface area (TPSA) is 72.2 Å². The van der Waals surface area contributed by atoms with E-state index in [9.17, 15) is 14.9 Å². The maximum Gasteiger partial charge on any atom is 0.269 e. The first kappa shape index (κ1) is 18.0. The highest BCUT2D eigenvalue weighted by molar-refractivity contribution is 8.00. The molecule has 2 rings (SSSR count). The Kier molecular flexibility index (Phi) is 5.98. The Labute approximate surface area is 145 Å². The Morgan fingerprint density at radius 3 is 2.67 bits per heavy atom. The molecule has 126 valence electrons. The Bertz CT molecular complexity index is 762. The summed E-state index contributed by atoms with van der Waals surface area (Å²) in [7, 11) is 0. The third-order valence-electron chi connectivity index (χ3n) is 3.67. The Balaban J connectivity index is 1.93. The normalized spacial score (nSPS) is 11.8. The number of nitrogens with zero attached hydrogens (tertiary/aromatic N) is 1. The van der Waals surface area contributed by atoms with Crippen molar-refractivity contribution in [3.8, 4) is 0 Å². The van der Waals surface area contributed by atoms with Crippen LogP contribution in [0.3, 0.4) is 0 Å². The average Bonchev–Trinajstić information content (AvgIpc) is 2.55. The molecular formula is C18H20N2O3S. The number of aryl methyl sites for hydroxylation is 2. The Morgan fingerprint density at radius 1 is 1.25 bits per heavy atom. The van der Waals surface area contributed by atoms with E-state index in [1.165, 1.54) is 17.8 Å². The number of carbonyl (C=O) groups excluding carboxylic acids is 1. The fraction of sp³-hybridized carbons (Fsp3) is 0.278. The van der Waals surface area contributed by atoms with E-state index in [1.807, 2.05) is 45.0 Å². The predicted molar refractivity (Wildman–Crippen MR) is 98.5 cm³/mol. The molecule has 5 nitrogen and oxygen atoms in total. The lowest BCUT2D eigenvalue weighted by Crippen LogP contribution is -2.15. The van der Waals surface area contributed by atoms with E-state index in [4.69, 9.17) is 0 Å². The second kappa shape index (κ2) is 7.97. The van der Waals surface area contributed by atoms with Gasteiger partial charge < -0.3 is 5.32 Å². The first-order valence-corrected chi connectivity index (χ1v) is 8.64. The number of hydrogen-bond donors (Lipinski definition) is 1. The molecule has 1 amide bonds. The van der Waals surface area contributed by atoms with Crippen molar-refractivity contribution in [2.24, 2.45) is 0 Å². The van der Waals surface area contributed by atoms with Crippen LogP contribution < -0.4 is 5.32 Å². The third kappa shape index (κ3) is 4.83. The van der Waals surface area contributed by atoms with Crippen molar-refractivity contribution in [3.05, 3.63) is 69.3 Å². The van der Waals surface area contributed by atoms with Gasteiger partial charge >= 0.3 is 0 Å². The van der Waals surface area contributed by atoms with Crippen LogP contribution >= 0.6 is 11.8 Å². The minimum Gasteiger partial charge on any atom is -0.325 e. The summed E-state index contributed by atoms with van der Waals surface area (Å²) in [6.45, 7) is 5.91. The van der Waals surface area contributed by atoms with Gasteiger partial charge in [0.15, 0.2) is 0 Å². The smallest absolute Gasteiger partial charge is 0.269 e. The number of nitro groups is 1. The quantitative estimate of drug-likeness (QED) is 0.612. The SMILES string of the molecule is Cc1ccc(NC(=O)CS[C@H](C)c2cccc([N+](=O)[O-])c2)c(C)c1. The lowest BCUT2D eigenvalue weighted by atomic mass is 10.1. The maximum absolute atomic E-state index is 12.1. The number of non-ortho nitro benzene ring substituents is 1. The van der Waals surface area contributed by atoms with E-state index in [2.05, 4.69) is 5.32 Å². The minimum absolute atomic E-state index is 0.00485. The van der Waals surface area contributed by atoms with Crippen LogP contribution in [0.25, 0.3) is 0 Å². The minimum atomic E-state index is -0.409. The van der Waals surface area contributed by atoms with Gasteiger partial charge in [0.1, 0.15) is 0 Å². The molecule has 1 atom stereocenters. The molecule has 0 spiro atoms. The largest absolute Gasteiger partial charge is 0.325 e. The van der Waals surface area contributed by atoms with Crippen molar-refractivity contribution in [2.45, 2.75) is 26.0 Å². The molecular weight excluding hydrogens is 324 g/mol. The molecule has 2 aromatic rings. The first-order chi connectivity index (χ1) is 11.4. The highest BCUT2D eigenvalue weighted by Gasteiger charge is 2.13. The zero-order valence-electron chi connectivity index (χ0n) is 13.9. The summed E-state index contributed by atoms with van der Waals surface area (Å²) in [5.74, 6) is 0.209. The molecule has 1 N–H and O–H groups in total. The zero-order chi connectivity index (χ0) is 17.7. The summed E-state index contributed by atoms with van der Waals surface area (Å²) in [6, 6.07) is 12.4. The molecule has 0 aliphatic heterocycles. The highest BCUT2D eigenvalue weighted by Crippen LogP contribution is 2.30. The number of carbonyl (C=O) groups is 1. The van der Waals surface area contributed by atoms with E-state index in [1.54, 1.807) is 12.1 Å². The summed E-state index contributed by atoms with van der Waals surface area (Å²) < 4.78 is 0. The zero-order valence-corrected chi connectivity index (χ0v) is 14.7. The number of benzene rings is 2. The van der Waals surface area contributed by atoms with Crippen molar-refractivity contribution in [2.75, 3.05) is 11.1 Å². The van der Waals surface area contributed by atoms with Crippen molar-refractivity contribution < 1.29 is 9.72 Å².